The minimum atomic E-state index is -0.189. The Labute approximate surface area is 178 Å². The van der Waals surface area contributed by atoms with Gasteiger partial charge >= 0.3 is 6.03 Å². The monoisotopic (exact) mass is 417 g/mol. The van der Waals surface area contributed by atoms with Crippen molar-refractivity contribution in [1.29, 1.82) is 0 Å². The second kappa shape index (κ2) is 8.23. The van der Waals surface area contributed by atoms with Crippen LogP contribution in [0.4, 0.5) is 10.5 Å². The third kappa shape index (κ3) is 3.89. The molecule has 2 amide bonds. The Hall–Kier alpha value is -3.65. The lowest BCUT2D eigenvalue weighted by atomic mass is 10.1. The minimum absolute atomic E-state index is 0.118. The number of urea groups is 1. The van der Waals surface area contributed by atoms with Crippen molar-refractivity contribution in [3.8, 4) is 0 Å². The van der Waals surface area contributed by atoms with E-state index in [0.29, 0.717) is 55.9 Å². The molecule has 0 bridgehead atoms. The first-order chi connectivity index (χ1) is 15.2. The van der Waals surface area contributed by atoms with Crippen LogP contribution in [-0.4, -0.2) is 51.8 Å². The molecule has 8 nitrogen and oxygen atoms in total. The molecule has 4 aromatic rings. The van der Waals surface area contributed by atoms with Crippen LogP contribution in [0, 0.1) is 0 Å². The minimum Gasteiger partial charge on any atom is -0.378 e. The topological polar surface area (TPSA) is 92.2 Å². The summed E-state index contributed by atoms with van der Waals surface area (Å²) in [4.78, 5) is 34.9. The number of anilines is 1. The Kier molecular flexibility index (Phi) is 5.13. The Morgan fingerprint density at radius 2 is 1.97 bits per heavy atom. The van der Waals surface area contributed by atoms with E-state index in [1.54, 1.807) is 34.0 Å². The van der Waals surface area contributed by atoms with Gasteiger partial charge in [-0.15, -0.1) is 0 Å². The summed E-state index contributed by atoms with van der Waals surface area (Å²) in [6.07, 6.45) is 4.29. The van der Waals surface area contributed by atoms with Crippen LogP contribution >= 0.6 is 0 Å². The third-order valence-electron chi connectivity index (χ3n) is 5.67. The van der Waals surface area contributed by atoms with E-state index < -0.39 is 0 Å². The van der Waals surface area contributed by atoms with Crippen LogP contribution in [0.5, 0.6) is 0 Å². The molecule has 31 heavy (non-hydrogen) atoms. The molecule has 1 saturated heterocycles. The fraction of sp³-hybridized carbons (Fsp3) is 0.261. The molecule has 2 aromatic heterocycles. The predicted molar refractivity (Wildman–Crippen MR) is 119 cm³/mol. The number of amides is 2. The molecule has 0 atom stereocenters. The quantitative estimate of drug-likeness (QED) is 0.534. The lowest BCUT2D eigenvalue weighted by molar-refractivity contribution is 0.0564. The molecule has 2 N–H and O–H groups in total. The molecule has 0 spiro atoms. The van der Waals surface area contributed by atoms with E-state index in [0.717, 1.165) is 16.5 Å². The highest BCUT2D eigenvalue weighted by Crippen LogP contribution is 2.19. The molecule has 5 rings (SSSR count). The van der Waals surface area contributed by atoms with Crippen LogP contribution in [0.15, 0.2) is 59.8 Å². The molecule has 3 heterocycles. The number of aryl methyl sites for hydroxylation is 2. The zero-order valence-corrected chi connectivity index (χ0v) is 17.0. The SMILES string of the molecule is O=C(Nc1ccc2ncn(CCc3c[nH]c4ccccc34)c(=O)c2c1)N1CCOCC1. The van der Waals surface area contributed by atoms with Crippen LogP contribution in [-0.2, 0) is 17.7 Å². The van der Waals surface area contributed by atoms with Gasteiger partial charge in [0.05, 0.1) is 30.4 Å². The number of nitrogens with zero attached hydrogens (tertiary/aromatic N) is 3. The number of carbonyl (C=O) groups is 1. The summed E-state index contributed by atoms with van der Waals surface area (Å²) in [6, 6.07) is 13.2. The number of aromatic nitrogens is 3. The summed E-state index contributed by atoms with van der Waals surface area (Å²) in [5, 5.41) is 4.53. The van der Waals surface area contributed by atoms with E-state index in [-0.39, 0.29) is 11.6 Å². The molecule has 1 aliphatic heterocycles. The van der Waals surface area contributed by atoms with E-state index in [1.165, 1.54) is 0 Å². The fourth-order valence-corrected chi connectivity index (χ4v) is 3.94. The van der Waals surface area contributed by atoms with E-state index >= 15 is 0 Å². The average Bonchev–Trinajstić information content (AvgIpc) is 3.23. The van der Waals surface area contributed by atoms with Gasteiger partial charge in [-0.2, -0.15) is 0 Å². The van der Waals surface area contributed by atoms with E-state index in [4.69, 9.17) is 4.74 Å². The van der Waals surface area contributed by atoms with Crippen LogP contribution in [0.3, 0.4) is 0 Å². The Bertz CT molecular complexity index is 1300. The fourth-order valence-electron chi connectivity index (χ4n) is 3.94. The molecule has 158 valence electrons. The molecule has 2 aromatic carbocycles. The van der Waals surface area contributed by atoms with E-state index in [9.17, 15) is 9.59 Å². The lowest BCUT2D eigenvalue weighted by Crippen LogP contribution is -2.43. The number of H-pyrrole nitrogens is 1. The van der Waals surface area contributed by atoms with E-state index in [1.807, 2.05) is 24.4 Å². The molecule has 0 saturated carbocycles. The van der Waals surface area contributed by atoms with Gasteiger partial charge in [-0.25, -0.2) is 9.78 Å². The number of rotatable bonds is 4. The summed E-state index contributed by atoms with van der Waals surface area (Å²) < 4.78 is 6.91. The van der Waals surface area contributed by atoms with Gasteiger partial charge in [-0.3, -0.25) is 9.36 Å². The van der Waals surface area contributed by atoms with Gasteiger partial charge in [-0.1, -0.05) is 18.2 Å². The lowest BCUT2D eigenvalue weighted by Gasteiger charge is -2.26. The number of nitrogens with one attached hydrogen (secondary N) is 2. The second-order valence-electron chi connectivity index (χ2n) is 7.61. The van der Waals surface area contributed by atoms with Crippen LogP contribution in [0.25, 0.3) is 21.8 Å². The highest BCUT2D eigenvalue weighted by atomic mass is 16.5. The number of fused-ring (bicyclic) bond motifs is 2. The van der Waals surface area contributed by atoms with Gasteiger partial charge in [0.1, 0.15) is 0 Å². The first kappa shape index (κ1) is 19.3. The molecule has 0 unspecified atom stereocenters. The maximum Gasteiger partial charge on any atom is 0.321 e. The van der Waals surface area contributed by atoms with Crippen molar-refractivity contribution in [2.45, 2.75) is 13.0 Å². The number of hydrogen-bond donors (Lipinski definition) is 2. The standard InChI is InChI=1S/C23H23N5O3/c29-22-19-13-17(26-23(30)27-9-11-31-12-10-27)5-6-21(19)25-15-28(22)8-7-16-14-24-20-4-2-1-3-18(16)20/h1-6,13-15,24H,7-12H2,(H,26,30). The largest absolute Gasteiger partial charge is 0.378 e. The van der Waals surface area contributed by atoms with Gasteiger partial charge in [-0.05, 0) is 36.2 Å². The number of hydrogen-bond acceptors (Lipinski definition) is 4. The van der Waals surface area contributed by atoms with Crippen LogP contribution in [0.2, 0.25) is 0 Å². The normalized spacial score (nSPS) is 14.3. The summed E-state index contributed by atoms with van der Waals surface area (Å²) in [6.45, 7) is 2.71. The van der Waals surface area contributed by atoms with Gasteiger partial charge in [0.2, 0.25) is 0 Å². The molecule has 8 heteroatoms. The molecular weight excluding hydrogens is 394 g/mol. The number of para-hydroxylation sites is 1. The van der Waals surface area contributed by atoms with Gasteiger partial charge < -0.3 is 19.9 Å². The maximum absolute atomic E-state index is 13.1. The van der Waals surface area contributed by atoms with Crippen molar-refractivity contribution in [2.75, 3.05) is 31.6 Å². The van der Waals surface area contributed by atoms with E-state index in [2.05, 4.69) is 21.4 Å². The zero-order chi connectivity index (χ0) is 21.2. The first-order valence-corrected chi connectivity index (χ1v) is 10.4. The summed E-state index contributed by atoms with van der Waals surface area (Å²) >= 11 is 0. The Morgan fingerprint density at radius 1 is 1.13 bits per heavy atom. The number of aromatic amines is 1. The Morgan fingerprint density at radius 3 is 2.84 bits per heavy atom. The number of morpholine rings is 1. The van der Waals surface area contributed by atoms with Crippen molar-refractivity contribution in [3.63, 3.8) is 0 Å². The van der Waals surface area contributed by atoms with Gasteiger partial charge in [0.25, 0.3) is 5.56 Å². The summed E-state index contributed by atoms with van der Waals surface area (Å²) in [5.74, 6) is 0. The average molecular weight is 417 g/mol. The van der Waals surface area contributed by atoms with Crippen molar-refractivity contribution < 1.29 is 9.53 Å². The summed E-state index contributed by atoms with van der Waals surface area (Å²) in [5.41, 5.74) is 3.32. The van der Waals surface area contributed by atoms with Crippen molar-refractivity contribution >= 4 is 33.5 Å². The number of carbonyl (C=O) groups excluding carboxylic acids is 1. The Balaban J connectivity index is 1.36. The first-order valence-electron chi connectivity index (χ1n) is 10.4. The molecule has 0 radical (unpaired) electrons. The molecular formula is C23H23N5O3. The maximum atomic E-state index is 13.1. The smallest absolute Gasteiger partial charge is 0.321 e. The highest BCUT2D eigenvalue weighted by Gasteiger charge is 2.17. The zero-order valence-electron chi connectivity index (χ0n) is 17.0. The molecule has 1 fully saturated rings. The predicted octanol–water partition coefficient (Wildman–Crippen LogP) is 2.98. The third-order valence-corrected chi connectivity index (χ3v) is 5.67. The highest BCUT2D eigenvalue weighted by molar-refractivity contribution is 5.92. The number of ether oxygens (including phenoxy) is 1. The van der Waals surface area contributed by atoms with Crippen molar-refractivity contribution in [1.82, 2.24) is 19.4 Å². The second-order valence-corrected chi connectivity index (χ2v) is 7.61. The van der Waals surface area contributed by atoms with Crippen LogP contribution < -0.4 is 10.9 Å². The van der Waals surface area contributed by atoms with Crippen molar-refractivity contribution in [2.24, 2.45) is 0 Å². The van der Waals surface area contributed by atoms with Gasteiger partial charge in [0.15, 0.2) is 0 Å². The van der Waals surface area contributed by atoms with Gasteiger partial charge in [0, 0.05) is 42.4 Å². The molecule has 1 aliphatic rings. The van der Waals surface area contributed by atoms with Crippen molar-refractivity contribution in [3.05, 3.63) is 70.9 Å². The number of benzene rings is 2. The van der Waals surface area contributed by atoms with Crippen LogP contribution in [0.1, 0.15) is 5.56 Å². The summed E-state index contributed by atoms with van der Waals surface area (Å²) in [7, 11) is 0. The molecule has 0 aliphatic carbocycles.